The third kappa shape index (κ3) is 3.06. The summed E-state index contributed by atoms with van der Waals surface area (Å²) in [5, 5.41) is 0. The molecule has 1 spiro atoms. The van der Waals surface area contributed by atoms with Gasteiger partial charge in [-0.05, 0) is 74.3 Å². The summed E-state index contributed by atoms with van der Waals surface area (Å²) in [6.45, 7) is 3.64. The quantitative estimate of drug-likeness (QED) is 0.781. The fraction of sp³-hybridized carbons (Fsp3) is 0.440. The third-order valence-electron chi connectivity index (χ3n) is 6.96. The summed E-state index contributed by atoms with van der Waals surface area (Å²) in [6, 6.07) is 16.6. The number of hydrogen-bond acceptors (Lipinski definition) is 2. The highest BCUT2D eigenvalue weighted by Crippen LogP contribution is 2.42. The lowest BCUT2D eigenvalue weighted by molar-refractivity contribution is -0.146. The second kappa shape index (κ2) is 7.01. The van der Waals surface area contributed by atoms with Crippen LogP contribution in [0.25, 0.3) is 11.1 Å². The van der Waals surface area contributed by atoms with E-state index in [9.17, 15) is 9.59 Å². The van der Waals surface area contributed by atoms with Crippen LogP contribution < -0.4 is 0 Å². The van der Waals surface area contributed by atoms with Crippen molar-refractivity contribution in [3.05, 3.63) is 59.7 Å². The Labute approximate surface area is 172 Å². The molecule has 2 aromatic carbocycles. The minimum atomic E-state index is -0.605. The number of carbonyl (C=O) groups is 2. The smallest absolute Gasteiger partial charge is 0.254 e. The number of benzene rings is 2. The number of likely N-dealkylation sites (tertiary alicyclic amines) is 2. The summed E-state index contributed by atoms with van der Waals surface area (Å²) in [4.78, 5) is 30.8. The molecule has 4 nitrogen and oxygen atoms in total. The first-order valence-corrected chi connectivity index (χ1v) is 10.9. The molecular weight excluding hydrogens is 360 g/mol. The van der Waals surface area contributed by atoms with Crippen molar-refractivity contribution >= 4 is 11.8 Å². The summed E-state index contributed by atoms with van der Waals surface area (Å²) in [6.07, 6.45) is 5.77. The normalized spacial score (nSPS) is 24.4. The Bertz CT molecular complexity index is 948. The van der Waals surface area contributed by atoms with Gasteiger partial charge in [-0.2, -0.15) is 0 Å². The molecule has 1 atom stereocenters. The number of hydrogen-bond donors (Lipinski definition) is 0. The van der Waals surface area contributed by atoms with E-state index in [1.165, 1.54) is 11.1 Å². The van der Waals surface area contributed by atoms with Crippen LogP contribution in [0.1, 0.15) is 54.4 Å². The fourth-order valence-electron chi connectivity index (χ4n) is 5.25. The molecular formula is C25H28N2O2. The van der Waals surface area contributed by atoms with Crippen molar-refractivity contribution in [2.24, 2.45) is 0 Å². The van der Waals surface area contributed by atoms with Gasteiger partial charge < -0.3 is 9.80 Å². The van der Waals surface area contributed by atoms with Crippen molar-refractivity contribution in [3.8, 4) is 11.1 Å². The Morgan fingerprint density at radius 3 is 2.34 bits per heavy atom. The SMILES string of the molecule is Cc1ccccc1-c1ccc(C(=O)N2CCCC23CCCN(C2CC2)C3=O)cc1. The second-order valence-electron chi connectivity index (χ2n) is 8.82. The van der Waals surface area contributed by atoms with Crippen LogP contribution >= 0.6 is 0 Å². The standard InChI is InChI=1S/C25H28N2O2/c1-18-6-2-3-7-22(18)19-8-10-20(11-9-19)23(28)27-17-5-15-25(27)14-4-16-26(24(25)29)21-12-13-21/h2-3,6-11,21H,4-5,12-17H2,1H3. The molecule has 1 saturated carbocycles. The first-order chi connectivity index (χ1) is 14.1. The highest BCUT2D eigenvalue weighted by molar-refractivity contribution is 6.00. The van der Waals surface area contributed by atoms with Crippen LogP contribution in [0, 0.1) is 6.92 Å². The molecule has 1 unspecified atom stereocenters. The van der Waals surface area contributed by atoms with Gasteiger partial charge >= 0.3 is 0 Å². The summed E-state index contributed by atoms with van der Waals surface area (Å²) < 4.78 is 0. The van der Waals surface area contributed by atoms with Gasteiger partial charge in [0.25, 0.3) is 5.91 Å². The van der Waals surface area contributed by atoms with E-state index >= 15 is 0 Å². The van der Waals surface area contributed by atoms with Crippen LogP contribution in [-0.4, -0.2) is 46.3 Å². The molecule has 0 aromatic heterocycles. The minimum absolute atomic E-state index is 0.00447. The fourth-order valence-corrected chi connectivity index (χ4v) is 5.25. The van der Waals surface area contributed by atoms with E-state index in [0.29, 0.717) is 18.2 Å². The number of rotatable bonds is 3. The molecule has 4 heteroatoms. The van der Waals surface area contributed by atoms with Gasteiger partial charge in [0.15, 0.2) is 0 Å². The van der Waals surface area contributed by atoms with Crippen molar-refractivity contribution in [3.63, 3.8) is 0 Å². The molecule has 29 heavy (non-hydrogen) atoms. The van der Waals surface area contributed by atoms with Gasteiger partial charge in [0.1, 0.15) is 5.54 Å². The Morgan fingerprint density at radius 2 is 1.66 bits per heavy atom. The van der Waals surface area contributed by atoms with Crippen LogP contribution in [0.4, 0.5) is 0 Å². The van der Waals surface area contributed by atoms with Gasteiger partial charge in [0.05, 0.1) is 0 Å². The van der Waals surface area contributed by atoms with Crippen LogP contribution in [0.2, 0.25) is 0 Å². The van der Waals surface area contributed by atoms with Gasteiger partial charge in [0.2, 0.25) is 5.91 Å². The molecule has 2 aliphatic heterocycles. The maximum atomic E-state index is 13.4. The number of aryl methyl sites for hydroxylation is 1. The van der Waals surface area contributed by atoms with E-state index in [-0.39, 0.29) is 11.8 Å². The second-order valence-corrected chi connectivity index (χ2v) is 8.82. The van der Waals surface area contributed by atoms with Gasteiger partial charge in [0, 0.05) is 24.7 Å². The van der Waals surface area contributed by atoms with Gasteiger partial charge in [-0.3, -0.25) is 9.59 Å². The molecule has 2 saturated heterocycles. The molecule has 0 bridgehead atoms. The highest BCUT2D eigenvalue weighted by Gasteiger charge is 2.54. The Balaban J connectivity index is 1.41. The Morgan fingerprint density at radius 1 is 0.966 bits per heavy atom. The largest absolute Gasteiger partial charge is 0.338 e. The molecule has 150 valence electrons. The summed E-state index contributed by atoms with van der Waals surface area (Å²) >= 11 is 0. The van der Waals surface area contributed by atoms with E-state index in [1.54, 1.807) is 0 Å². The van der Waals surface area contributed by atoms with Crippen LogP contribution in [-0.2, 0) is 4.79 Å². The summed E-state index contributed by atoms with van der Waals surface area (Å²) in [7, 11) is 0. The summed E-state index contributed by atoms with van der Waals surface area (Å²) in [5.41, 5.74) is 3.60. The first kappa shape index (κ1) is 18.4. The number of carbonyl (C=O) groups excluding carboxylic acids is 2. The first-order valence-electron chi connectivity index (χ1n) is 10.9. The summed E-state index contributed by atoms with van der Waals surface area (Å²) in [5.74, 6) is 0.207. The lowest BCUT2D eigenvalue weighted by Crippen LogP contribution is -2.61. The van der Waals surface area contributed by atoms with Crippen molar-refractivity contribution in [2.45, 2.75) is 57.0 Å². The van der Waals surface area contributed by atoms with E-state index < -0.39 is 5.54 Å². The zero-order valence-electron chi connectivity index (χ0n) is 17.1. The topological polar surface area (TPSA) is 40.6 Å². The Kier molecular flexibility index (Phi) is 4.45. The molecule has 2 aromatic rings. The van der Waals surface area contributed by atoms with E-state index in [4.69, 9.17) is 0 Å². The third-order valence-corrected chi connectivity index (χ3v) is 6.96. The van der Waals surface area contributed by atoms with Gasteiger partial charge in [-0.1, -0.05) is 36.4 Å². The van der Waals surface area contributed by atoms with Crippen molar-refractivity contribution in [2.75, 3.05) is 13.1 Å². The van der Waals surface area contributed by atoms with Crippen molar-refractivity contribution in [1.82, 2.24) is 9.80 Å². The molecule has 3 fully saturated rings. The van der Waals surface area contributed by atoms with Gasteiger partial charge in [-0.15, -0.1) is 0 Å². The van der Waals surface area contributed by atoms with E-state index in [2.05, 4.69) is 24.0 Å². The van der Waals surface area contributed by atoms with Gasteiger partial charge in [-0.25, -0.2) is 0 Å². The number of nitrogens with zero attached hydrogens (tertiary/aromatic N) is 2. The molecule has 0 radical (unpaired) electrons. The van der Waals surface area contributed by atoms with Crippen LogP contribution in [0.15, 0.2) is 48.5 Å². The lowest BCUT2D eigenvalue weighted by atomic mass is 9.85. The van der Waals surface area contributed by atoms with Crippen LogP contribution in [0.3, 0.4) is 0 Å². The maximum Gasteiger partial charge on any atom is 0.254 e. The number of piperidine rings is 1. The van der Waals surface area contributed by atoms with Crippen molar-refractivity contribution in [1.29, 1.82) is 0 Å². The molecule has 2 heterocycles. The van der Waals surface area contributed by atoms with Crippen molar-refractivity contribution < 1.29 is 9.59 Å². The molecule has 5 rings (SSSR count). The lowest BCUT2D eigenvalue weighted by Gasteiger charge is -2.44. The molecule has 1 aliphatic carbocycles. The zero-order chi connectivity index (χ0) is 20.0. The number of amides is 2. The highest BCUT2D eigenvalue weighted by atomic mass is 16.2. The molecule has 2 amide bonds. The van der Waals surface area contributed by atoms with Crippen LogP contribution in [0.5, 0.6) is 0 Å². The van der Waals surface area contributed by atoms with E-state index in [1.807, 2.05) is 41.3 Å². The zero-order valence-corrected chi connectivity index (χ0v) is 17.1. The minimum Gasteiger partial charge on any atom is -0.338 e. The predicted molar refractivity (Wildman–Crippen MR) is 114 cm³/mol. The predicted octanol–water partition coefficient (Wildman–Crippen LogP) is 4.42. The van der Waals surface area contributed by atoms with E-state index in [0.717, 1.165) is 50.6 Å². The molecule has 3 aliphatic rings. The Hall–Kier alpha value is -2.62. The monoisotopic (exact) mass is 388 g/mol. The average molecular weight is 389 g/mol. The average Bonchev–Trinajstić information content (AvgIpc) is 3.50. The molecule has 0 N–H and O–H groups in total. The maximum absolute atomic E-state index is 13.4.